The minimum Gasteiger partial charge on any atom is -0.475 e. The number of hydrogen-bond donors (Lipinski definition) is 3. The quantitative estimate of drug-likeness (QED) is 0.405. The lowest BCUT2D eigenvalue weighted by molar-refractivity contribution is -0.192. The van der Waals surface area contributed by atoms with Crippen LogP contribution in [0.3, 0.4) is 0 Å². The van der Waals surface area contributed by atoms with E-state index in [0.717, 1.165) is 44.5 Å². The monoisotopic (exact) mass is 468 g/mol. The van der Waals surface area contributed by atoms with Crippen molar-refractivity contribution in [2.75, 3.05) is 19.6 Å². The van der Waals surface area contributed by atoms with Gasteiger partial charge in [-0.15, -0.1) is 0 Å². The zero-order chi connectivity index (χ0) is 24.3. The molecule has 180 valence electrons. The summed E-state index contributed by atoms with van der Waals surface area (Å²) in [5.74, 6) is -2.78. The van der Waals surface area contributed by atoms with Crippen molar-refractivity contribution in [2.24, 2.45) is 0 Å². The summed E-state index contributed by atoms with van der Waals surface area (Å²) >= 11 is 0. The lowest BCUT2D eigenvalue weighted by Gasteiger charge is -2.08. The van der Waals surface area contributed by atoms with Crippen molar-refractivity contribution in [3.05, 3.63) is 53.6 Å². The Labute approximate surface area is 189 Å². The average Bonchev–Trinajstić information content (AvgIpc) is 3.18. The van der Waals surface area contributed by atoms with Crippen LogP contribution in [0.2, 0.25) is 0 Å². The minimum atomic E-state index is -5.08. The predicted octanol–water partition coefficient (Wildman–Crippen LogP) is 2.37. The van der Waals surface area contributed by atoms with Crippen LogP contribution in [0.5, 0.6) is 0 Å². The number of hydrogen-bond acceptors (Lipinski definition) is 5. The van der Waals surface area contributed by atoms with E-state index in [1.807, 2.05) is 22.9 Å². The molecule has 0 saturated heterocycles. The Hall–Kier alpha value is -3.21. The fourth-order valence-electron chi connectivity index (χ4n) is 3.22. The number of nitrogens with one attached hydrogen (secondary N) is 2. The SMILES string of the molecule is O=C(CCC(=O)c1ccc2c(c1)CCNCC2)NCCCn1ccnc1.O=C(O)C(F)(F)F. The lowest BCUT2D eigenvalue weighted by atomic mass is 9.97. The van der Waals surface area contributed by atoms with E-state index in [2.05, 4.69) is 21.7 Å². The van der Waals surface area contributed by atoms with E-state index in [9.17, 15) is 22.8 Å². The number of aryl methyl sites for hydroxylation is 1. The van der Waals surface area contributed by atoms with E-state index >= 15 is 0 Å². The zero-order valence-electron chi connectivity index (χ0n) is 18.0. The summed E-state index contributed by atoms with van der Waals surface area (Å²) in [5, 5.41) is 13.4. The predicted molar refractivity (Wildman–Crippen MR) is 114 cm³/mol. The number of alkyl halides is 3. The number of imidazole rings is 1. The molecule has 0 saturated carbocycles. The van der Waals surface area contributed by atoms with Crippen molar-refractivity contribution in [3.63, 3.8) is 0 Å². The molecule has 0 aliphatic carbocycles. The van der Waals surface area contributed by atoms with Gasteiger partial charge in [0, 0.05) is 43.9 Å². The summed E-state index contributed by atoms with van der Waals surface area (Å²) in [7, 11) is 0. The number of fused-ring (bicyclic) bond motifs is 1. The highest BCUT2D eigenvalue weighted by molar-refractivity contribution is 5.98. The summed E-state index contributed by atoms with van der Waals surface area (Å²) in [5.41, 5.74) is 3.30. The van der Waals surface area contributed by atoms with Gasteiger partial charge in [-0.3, -0.25) is 9.59 Å². The maximum absolute atomic E-state index is 12.4. The number of nitrogens with zero attached hydrogens (tertiary/aromatic N) is 2. The van der Waals surface area contributed by atoms with Gasteiger partial charge in [-0.25, -0.2) is 9.78 Å². The van der Waals surface area contributed by atoms with Gasteiger partial charge in [-0.2, -0.15) is 13.2 Å². The molecule has 1 aromatic heterocycles. The topological polar surface area (TPSA) is 113 Å². The fourth-order valence-corrected chi connectivity index (χ4v) is 3.22. The van der Waals surface area contributed by atoms with Crippen LogP contribution in [-0.4, -0.2) is 58.1 Å². The molecule has 3 N–H and O–H groups in total. The van der Waals surface area contributed by atoms with Crippen LogP contribution in [0, 0.1) is 0 Å². The summed E-state index contributed by atoms with van der Waals surface area (Å²) in [6.45, 7) is 3.37. The number of aromatic nitrogens is 2. The third kappa shape index (κ3) is 9.44. The van der Waals surface area contributed by atoms with Crippen LogP contribution in [0.25, 0.3) is 0 Å². The Morgan fingerprint density at radius 1 is 1.12 bits per heavy atom. The number of halogens is 3. The van der Waals surface area contributed by atoms with Gasteiger partial charge in [0.05, 0.1) is 6.33 Å². The molecule has 11 heteroatoms. The first-order valence-electron chi connectivity index (χ1n) is 10.5. The molecular weight excluding hydrogens is 441 g/mol. The highest BCUT2D eigenvalue weighted by Gasteiger charge is 2.38. The number of carbonyl (C=O) groups is 3. The summed E-state index contributed by atoms with van der Waals surface area (Å²) in [4.78, 5) is 37.2. The van der Waals surface area contributed by atoms with Gasteiger partial charge in [-0.1, -0.05) is 12.1 Å². The highest BCUT2D eigenvalue weighted by atomic mass is 19.4. The van der Waals surface area contributed by atoms with Gasteiger partial charge in [0.2, 0.25) is 5.91 Å². The molecule has 1 aromatic carbocycles. The van der Waals surface area contributed by atoms with Crippen LogP contribution in [0.15, 0.2) is 36.9 Å². The molecular formula is C22H27F3N4O4. The third-order valence-electron chi connectivity index (χ3n) is 4.97. The van der Waals surface area contributed by atoms with Crippen molar-refractivity contribution in [3.8, 4) is 0 Å². The van der Waals surface area contributed by atoms with Gasteiger partial charge in [0.1, 0.15) is 0 Å². The Balaban J connectivity index is 0.000000479. The first-order valence-corrected chi connectivity index (χ1v) is 10.5. The highest BCUT2D eigenvalue weighted by Crippen LogP contribution is 2.17. The Morgan fingerprint density at radius 2 is 1.82 bits per heavy atom. The molecule has 0 spiro atoms. The van der Waals surface area contributed by atoms with E-state index in [1.165, 1.54) is 11.1 Å². The number of aliphatic carboxylic acids is 1. The van der Waals surface area contributed by atoms with E-state index < -0.39 is 12.1 Å². The molecule has 1 amide bonds. The molecule has 0 bridgehead atoms. The number of benzene rings is 1. The molecule has 1 aliphatic rings. The van der Waals surface area contributed by atoms with Gasteiger partial charge in [0.15, 0.2) is 5.78 Å². The molecule has 0 atom stereocenters. The molecule has 1 aliphatic heterocycles. The third-order valence-corrected chi connectivity index (χ3v) is 4.97. The average molecular weight is 468 g/mol. The molecule has 3 rings (SSSR count). The van der Waals surface area contributed by atoms with Crippen LogP contribution in [-0.2, 0) is 29.0 Å². The van der Waals surface area contributed by atoms with E-state index in [1.54, 1.807) is 12.5 Å². The zero-order valence-corrected chi connectivity index (χ0v) is 18.0. The molecule has 0 unspecified atom stereocenters. The van der Waals surface area contributed by atoms with Crippen LogP contribution in [0.4, 0.5) is 13.2 Å². The standard InChI is InChI=1S/C20H26N4O2.C2HF3O2/c25-19(18-3-2-16-6-9-21-10-7-17(16)14-18)4-5-20(26)23-8-1-12-24-13-11-22-15-24;3-2(4,5)1(6)7/h2-3,11,13-15,21H,1,4-10,12H2,(H,23,26);(H,6,7). The molecule has 8 nitrogen and oxygen atoms in total. The van der Waals surface area contributed by atoms with Gasteiger partial charge < -0.3 is 20.3 Å². The molecule has 2 heterocycles. The van der Waals surface area contributed by atoms with Crippen molar-refractivity contribution in [2.45, 2.75) is 44.8 Å². The van der Waals surface area contributed by atoms with Crippen molar-refractivity contribution in [1.29, 1.82) is 0 Å². The number of carboxylic acid groups (broad SMARTS) is 1. The van der Waals surface area contributed by atoms with Crippen LogP contribution in [0.1, 0.15) is 40.7 Å². The van der Waals surface area contributed by atoms with Gasteiger partial charge in [0.25, 0.3) is 0 Å². The Morgan fingerprint density at radius 3 is 2.45 bits per heavy atom. The molecule has 33 heavy (non-hydrogen) atoms. The largest absolute Gasteiger partial charge is 0.490 e. The molecule has 0 radical (unpaired) electrons. The maximum Gasteiger partial charge on any atom is 0.490 e. The normalized spacial score (nSPS) is 13.2. The molecule has 2 aromatic rings. The summed E-state index contributed by atoms with van der Waals surface area (Å²) in [6.07, 6.45) is 3.61. The maximum atomic E-state index is 12.4. The van der Waals surface area contributed by atoms with E-state index in [-0.39, 0.29) is 24.5 Å². The number of carboxylic acids is 1. The van der Waals surface area contributed by atoms with E-state index in [4.69, 9.17) is 9.90 Å². The number of ketones is 1. The number of carbonyl (C=O) groups excluding carboxylic acids is 2. The Bertz CT molecular complexity index is 930. The Kier molecular flexibility index (Phi) is 10.0. The van der Waals surface area contributed by atoms with Crippen molar-refractivity contribution >= 4 is 17.7 Å². The van der Waals surface area contributed by atoms with Crippen LogP contribution < -0.4 is 10.6 Å². The van der Waals surface area contributed by atoms with E-state index in [0.29, 0.717) is 6.54 Å². The first kappa shape index (κ1) is 26.0. The smallest absolute Gasteiger partial charge is 0.475 e. The van der Waals surface area contributed by atoms with Crippen molar-refractivity contribution < 1.29 is 32.7 Å². The number of amides is 1. The molecule has 0 fully saturated rings. The second-order valence-electron chi connectivity index (χ2n) is 7.46. The second-order valence-corrected chi connectivity index (χ2v) is 7.46. The van der Waals surface area contributed by atoms with Gasteiger partial charge >= 0.3 is 12.1 Å². The summed E-state index contributed by atoms with van der Waals surface area (Å²) < 4.78 is 33.7. The number of Topliss-reactive ketones (excluding diaryl/α,β-unsaturated/α-hetero) is 1. The van der Waals surface area contributed by atoms with Gasteiger partial charge in [-0.05, 0) is 49.5 Å². The van der Waals surface area contributed by atoms with Crippen LogP contribution >= 0.6 is 0 Å². The second kappa shape index (κ2) is 12.7. The minimum absolute atomic E-state index is 0.0403. The fraction of sp³-hybridized carbons (Fsp3) is 0.455. The first-order chi connectivity index (χ1) is 15.7. The summed E-state index contributed by atoms with van der Waals surface area (Å²) in [6, 6.07) is 5.97. The number of rotatable bonds is 8. The lowest BCUT2D eigenvalue weighted by Crippen LogP contribution is -2.25. The van der Waals surface area contributed by atoms with Crippen molar-refractivity contribution in [1.82, 2.24) is 20.2 Å².